The first-order valence-corrected chi connectivity index (χ1v) is 9.08. The second-order valence-corrected chi connectivity index (χ2v) is 6.95. The third-order valence-electron chi connectivity index (χ3n) is 3.81. The molecule has 0 aliphatic rings. The van der Waals surface area contributed by atoms with Crippen LogP contribution in [0.15, 0.2) is 6.07 Å². The van der Waals surface area contributed by atoms with Crippen molar-refractivity contribution in [3.63, 3.8) is 0 Å². The molecule has 0 amide bonds. The molecule has 0 saturated carbocycles. The van der Waals surface area contributed by atoms with Crippen LogP contribution in [0.2, 0.25) is 0 Å². The molecule has 132 valence electrons. The van der Waals surface area contributed by atoms with Gasteiger partial charge in [0.1, 0.15) is 0 Å². The van der Waals surface area contributed by atoms with Gasteiger partial charge < -0.3 is 11.5 Å². The van der Waals surface area contributed by atoms with Crippen molar-refractivity contribution in [2.24, 2.45) is 11.5 Å². The molecule has 2 nitrogen and oxygen atoms in total. The molecular weight excluding hydrogens is 335 g/mol. The smallest absolute Gasteiger partial charge is 0.00773 e. The van der Waals surface area contributed by atoms with Gasteiger partial charge in [0.2, 0.25) is 0 Å². The molecule has 1 aromatic heterocycles. The molecule has 0 bridgehead atoms. The Balaban J connectivity index is 0. The minimum atomic E-state index is 0. The molecule has 1 rings (SSSR count). The van der Waals surface area contributed by atoms with Crippen LogP contribution in [0.25, 0.3) is 0 Å². The summed E-state index contributed by atoms with van der Waals surface area (Å²) in [5, 5.41) is 0. The normalized spacial score (nSPS) is 10.1. The predicted molar refractivity (Wildman–Crippen MR) is 106 cm³/mol. The molecule has 0 radical (unpaired) electrons. The summed E-state index contributed by atoms with van der Waals surface area (Å²) < 4.78 is 0. The zero-order valence-electron chi connectivity index (χ0n) is 13.9. The van der Waals surface area contributed by atoms with E-state index in [0.717, 1.165) is 19.5 Å². The summed E-state index contributed by atoms with van der Waals surface area (Å²) >= 11 is 2.02. The van der Waals surface area contributed by atoms with Gasteiger partial charge in [0.25, 0.3) is 0 Å². The number of hydrogen-bond donors (Lipinski definition) is 2. The molecule has 0 aromatic carbocycles. The highest BCUT2D eigenvalue weighted by molar-refractivity contribution is 7.12. The molecule has 1 aromatic rings. The number of hydrogen-bond acceptors (Lipinski definition) is 3. The lowest BCUT2D eigenvalue weighted by molar-refractivity contribution is 0.598. The number of thiophene rings is 1. The Labute approximate surface area is 153 Å². The molecule has 4 N–H and O–H groups in total. The molecule has 1 heterocycles. The standard InChI is InChI=1S/C17H32N2S.2ClH/c1-15-14-16(10-7-9-13-19)20-17(15)11-6-4-2-3-5-8-12-18;;/h14H,2-13,18-19H2,1H3;2*1H. The van der Waals surface area contributed by atoms with E-state index in [2.05, 4.69) is 13.0 Å². The number of rotatable bonds is 12. The Hall–Kier alpha value is 0.200. The first-order valence-electron chi connectivity index (χ1n) is 8.26. The van der Waals surface area contributed by atoms with Gasteiger partial charge in [-0.2, -0.15) is 0 Å². The first kappa shape index (κ1) is 24.5. The maximum Gasteiger partial charge on any atom is 0.00773 e. The molecule has 0 aliphatic heterocycles. The second-order valence-electron chi connectivity index (χ2n) is 5.72. The first-order chi connectivity index (χ1) is 9.77. The number of aryl methyl sites for hydroxylation is 3. The predicted octanol–water partition coefficient (Wildman–Crippen LogP) is 5.02. The van der Waals surface area contributed by atoms with Crippen molar-refractivity contribution in [3.05, 3.63) is 21.4 Å². The molecule has 5 heteroatoms. The molecule has 0 fully saturated rings. The molecule has 0 saturated heterocycles. The third kappa shape index (κ3) is 10.8. The van der Waals surface area contributed by atoms with E-state index in [0.29, 0.717) is 0 Å². The van der Waals surface area contributed by atoms with Crippen molar-refractivity contribution in [1.82, 2.24) is 0 Å². The van der Waals surface area contributed by atoms with Crippen molar-refractivity contribution in [1.29, 1.82) is 0 Å². The Bertz CT molecular complexity index is 356. The van der Waals surface area contributed by atoms with E-state index >= 15 is 0 Å². The highest BCUT2D eigenvalue weighted by Gasteiger charge is 2.05. The van der Waals surface area contributed by atoms with Gasteiger partial charge in [-0.3, -0.25) is 0 Å². The topological polar surface area (TPSA) is 52.0 Å². The Morgan fingerprint density at radius 1 is 0.773 bits per heavy atom. The fourth-order valence-corrected chi connectivity index (χ4v) is 3.81. The van der Waals surface area contributed by atoms with Gasteiger partial charge >= 0.3 is 0 Å². The molecular formula is C17H34Cl2N2S. The zero-order valence-corrected chi connectivity index (χ0v) is 16.4. The van der Waals surface area contributed by atoms with E-state index < -0.39 is 0 Å². The van der Waals surface area contributed by atoms with Crippen LogP contribution in [-0.2, 0) is 12.8 Å². The van der Waals surface area contributed by atoms with E-state index in [9.17, 15) is 0 Å². The average molecular weight is 369 g/mol. The lowest BCUT2D eigenvalue weighted by Crippen LogP contribution is -1.98. The van der Waals surface area contributed by atoms with Crippen molar-refractivity contribution in [3.8, 4) is 0 Å². The minimum absolute atomic E-state index is 0. The highest BCUT2D eigenvalue weighted by Crippen LogP contribution is 2.25. The third-order valence-corrected chi connectivity index (χ3v) is 5.16. The van der Waals surface area contributed by atoms with E-state index in [1.165, 1.54) is 63.4 Å². The monoisotopic (exact) mass is 368 g/mol. The van der Waals surface area contributed by atoms with Gasteiger partial charge in [-0.15, -0.1) is 36.2 Å². The largest absolute Gasteiger partial charge is 0.330 e. The lowest BCUT2D eigenvalue weighted by atomic mass is 10.1. The quantitative estimate of drug-likeness (QED) is 0.508. The summed E-state index contributed by atoms with van der Waals surface area (Å²) in [6, 6.07) is 2.39. The van der Waals surface area contributed by atoms with Crippen LogP contribution in [0.5, 0.6) is 0 Å². The average Bonchev–Trinajstić information content (AvgIpc) is 2.79. The number of nitrogens with two attached hydrogens (primary N) is 2. The molecule has 0 aliphatic carbocycles. The second kappa shape index (κ2) is 16.1. The summed E-state index contributed by atoms with van der Waals surface area (Å²) in [6.07, 6.45) is 12.8. The molecule has 22 heavy (non-hydrogen) atoms. The van der Waals surface area contributed by atoms with Crippen molar-refractivity contribution >= 4 is 36.2 Å². The van der Waals surface area contributed by atoms with Crippen molar-refractivity contribution in [2.45, 2.75) is 71.1 Å². The van der Waals surface area contributed by atoms with Crippen molar-refractivity contribution in [2.75, 3.05) is 13.1 Å². The van der Waals surface area contributed by atoms with Gasteiger partial charge in [0.15, 0.2) is 0 Å². The maximum atomic E-state index is 5.55. The fourth-order valence-electron chi connectivity index (χ4n) is 2.54. The van der Waals surface area contributed by atoms with Gasteiger partial charge in [0.05, 0.1) is 0 Å². The Morgan fingerprint density at radius 2 is 1.27 bits per heavy atom. The summed E-state index contributed by atoms with van der Waals surface area (Å²) in [5.41, 5.74) is 12.6. The summed E-state index contributed by atoms with van der Waals surface area (Å²) in [6.45, 7) is 3.93. The highest BCUT2D eigenvalue weighted by atomic mass is 35.5. The lowest BCUT2D eigenvalue weighted by Gasteiger charge is -2.01. The summed E-state index contributed by atoms with van der Waals surface area (Å²) in [5.74, 6) is 0. The van der Waals surface area contributed by atoms with E-state index in [1.807, 2.05) is 11.3 Å². The van der Waals surface area contributed by atoms with Crippen LogP contribution in [0.1, 0.15) is 66.7 Å². The number of unbranched alkanes of at least 4 members (excludes halogenated alkanes) is 6. The fraction of sp³-hybridized carbons (Fsp3) is 0.765. The van der Waals surface area contributed by atoms with Gasteiger partial charge in [-0.05, 0) is 70.2 Å². The van der Waals surface area contributed by atoms with Gasteiger partial charge in [-0.1, -0.05) is 25.7 Å². The summed E-state index contributed by atoms with van der Waals surface area (Å²) in [4.78, 5) is 3.16. The van der Waals surface area contributed by atoms with Gasteiger partial charge in [0, 0.05) is 9.75 Å². The Morgan fingerprint density at radius 3 is 1.91 bits per heavy atom. The van der Waals surface area contributed by atoms with Gasteiger partial charge in [-0.25, -0.2) is 0 Å². The molecule has 0 unspecified atom stereocenters. The van der Waals surface area contributed by atoms with Crippen LogP contribution in [-0.4, -0.2) is 13.1 Å². The van der Waals surface area contributed by atoms with Crippen LogP contribution in [0.4, 0.5) is 0 Å². The Kier molecular flexibility index (Phi) is 17.9. The zero-order chi connectivity index (χ0) is 14.6. The van der Waals surface area contributed by atoms with E-state index in [4.69, 9.17) is 11.5 Å². The van der Waals surface area contributed by atoms with Crippen molar-refractivity contribution < 1.29 is 0 Å². The van der Waals surface area contributed by atoms with Crippen LogP contribution in [0.3, 0.4) is 0 Å². The molecule has 0 atom stereocenters. The SMILES string of the molecule is Cc1cc(CCCCN)sc1CCCCCCCCN.Cl.Cl. The van der Waals surface area contributed by atoms with Crippen LogP contribution >= 0.6 is 36.2 Å². The van der Waals surface area contributed by atoms with Crippen LogP contribution in [0, 0.1) is 6.92 Å². The summed E-state index contributed by atoms with van der Waals surface area (Å²) in [7, 11) is 0. The van der Waals surface area contributed by atoms with Crippen LogP contribution < -0.4 is 11.5 Å². The minimum Gasteiger partial charge on any atom is -0.330 e. The maximum absolute atomic E-state index is 5.55. The van der Waals surface area contributed by atoms with E-state index in [-0.39, 0.29) is 24.8 Å². The van der Waals surface area contributed by atoms with E-state index in [1.54, 1.807) is 9.75 Å². The molecule has 0 spiro atoms. The number of halogens is 2.